The number of carbonyl (C=O) groups is 1. The van der Waals surface area contributed by atoms with Crippen LogP contribution in [0.5, 0.6) is 0 Å². The SMILES string of the molecule is CCOCc1ccccc1CNC(=O)N1CCC(C)(CO)CC1. The van der Waals surface area contributed by atoms with E-state index in [9.17, 15) is 9.90 Å². The van der Waals surface area contributed by atoms with Crippen molar-refractivity contribution in [2.45, 2.75) is 39.8 Å². The molecule has 2 rings (SSSR count). The fourth-order valence-electron chi connectivity index (χ4n) is 2.77. The number of carbonyl (C=O) groups excluding carboxylic acids is 1. The summed E-state index contributed by atoms with van der Waals surface area (Å²) in [5.74, 6) is 0. The summed E-state index contributed by atoms with van der Waals surface area (Å²) in [6, 6.07) is 7.99. The van der Waals surface area contributed by atoms with Gasteiger partial charge in [-0.15, -0.1) is 0 Å². The van der Waals surface area contributed by atoms with Crippen LogP contribution in [-0.4, -0.2) is 42.3 Å². The zero-order chi connectivity index (χ0) is 16.7. The van der Waals surface area contributed by atoms with Gasteiger partial charge >= 0.3 is 6.03 Å². The van der Waals surface area contributed by atoms with Gasteiger partial charge in [0.15, 0.2) is 0 Å². The van der Waals surface area contributed by atoms with Gasteiger partial charge in [-0.1, -0.05) is 31.2 Å². The standard InChI is InChI=1S/C18H28N2O3/c1-3-23-13-16-7-5-4-6-15(16)12-19-17(22)20-10-8-18(2,14-21)9-11-20/h4-7,21H,3,8-14H2,1-2H3,(H,19,22). The molecule has 2 N–H and O–H groups in total. The smallest absolute Gasteiger partial charge is 0.317 e. The van der Waals surface area contributed by atoms with Crippen molar-refractivity contribution in [1.29, 1.82) is 0 Å². The van der Waals surface area contributed by atoms with Gasteiger partial charge < -0.3 is 20.1 Å². The molecule has 0 saturated carbocycles. The predicted octanol–water partition coefficient (Wildman–Crippen LogP) is 2.53. The van der Waals surface area contributed by atoms with Crippen molar-refractivity contribution in [3.05, 3.63) is 35.4 Å². The van der Waals surface area contributed by atoms with E-state index in [-0.39, 0.29) is 18.1 Å². The normalized spacial score (nSPS) is 17.1. The third kappa shape index (κ3) is 4.94. The maximum absolute atomic E-state index is 12.3. The summed E-state index contributed by atoms with van der Waals surface area (Å²) in [4.78, 5) is 14.2. The second-order valence-electron chi connectivity index (χ2n) is 6.52. The van der Waals surface area contributed by atoms with E-state index in [4.69, 9.17) is 4.74 Å². The van der Waals surface area contributed by atoms with Crippen molar-refractivity contribution >= 4 is 6.03 Å². The number of aliphatic hydroxyl groups excluding tert-OH is 1. The van der Waals surface area contributed by atoms with E-state index in [1.54, 1.807) is 0 Å². The minimum atomic E-state index is -0.0408. The minimum Gasteiger partial charge on any atom is -0.396 e. The molecule has 1 aliphatic heterocycles. The van der Waals surface area contributed by atoms with E-state index < -0.39 is 0 Å². The monoisotopic (exact) mass is 320 g/mol. The van der Waals surface area contributed by atoms with Crippen molar-refractivity contribution < 1.29 is 14.6 Å². The fraction of sp³-hybridized carbons (Fsp3) is 0.611. The van der Waals surface area contributed by atoms with Crippen LogP contribution in [0.1, 0.15) is 37.8 Å². The highest BCUT2D eigenvalue weighted by atomic mass is 16.5. The highest BCUT2D eigenvalue weighted by Gasteiger charge is 2.31. The fourth-order valence-corrected chi connectivity index (χ4v) is 2.77. The Hall–Kier alpha value is -1.59. The molecule has 1 aliphatic rings. The first kappa shape index (κ1) is 17.8. The Morgan fingerprint density at radius 2 is 1.96 bits per heavy atom. The molecule has 0 bridgehead atoms. The van der Waals surface area contributed by atoms with Crippen molar-refractivity contribution in [3.63, 3.8) is 0 Å². The number of piperidine rings is 1. The largest absolute Gasteiger partial charge is 0.396 e. The van der Waals surface area contributed by atoms with Crippen LogP contribution in [0, 0.1) is 5.41 Å². The second-order valence-corrected chi connectivity index (χ2v) is 6.52. The Balaban J connectivity index is 1.85. The van der Waals surface area contributed by atoms with Crippen molar-refractivity contribution in [3.8, 4) is 0 Å². The lowest BCUT2D eigenvalue weighted by atomic mass is 9.81. The predicted molar refractivity (Wildman–Crippen MR) is 90.0 cm³/mol. The summed E-state index contributed by atoms with van der Waals surface area (Å²) in [6.07, 6.45) is 1.69. The Bertz CT molecular complexity index is 511. The van der Waals surface area contributed by atoms with Gasteiger partial charge in [0.05, 0.1) is 6.61 Å². The number of likely N-dealkylation sites (tertiary alicyclic amines) is 1. The minimum absolute atomic E-state index is 0.0313. The number of nitrogens with one attached hydrogen (secondary N) is 1. The molecule has 0 atom stereocenters. The zero-order valence-electron chi connectivity index (χ0n) is 14.2. The van der Waals surface area contributed by atoms with Gasteiger partial charge in [0.25, 0.3) is 0 Å². The number of hydrogen-bond donors (Lipinski definition) is 2. The molecule has 0 unspecified atom stereocenters. The highest BCUT2D eigenvalue weighted by molar-refractivity contribution is 5.74. The van der Waals surface area contributed by atoms with Crippen LogP contribution in [0.3, 0.4) is 0 Å². The van der Waals surface area contributed by atoms with Crippen LogP contribution in [0.25, 0.3) is 0 Å². The first-order valence-electron chi connectivity index (χ1n) is 8.36. The Labute approximate surface area is 138 Å². The van der Waals surface area contributed by atoms with E-state index in [2.05, 4.69) is 12.2 Å². The molecule has 1 aromatic carbocycles. The first-order chi connectivity index (χ1) is 11.1. The summed E-state index contributed by atoms with van der Waals surface area (Å²) < 4.78 is 5.47. The van der Waals surface area contributed by atoms with Crippen LogP contribution in [-0.2, 0) is 17.9 Å². The summed E-state index contributed by atoms with van der Waals surface area (Å²) in [6.45, 7) is 7.39. The summed E-state index contributed by atoms with van der Waals surface area (Å²) >= 11 is 0. The zero-order valence-corrected chi connectivity index (χ0v) is 14.2. The van der Waals surface area contributed by atoms with Gasteiger partial charge in [-0.3, -0.25) is 0 Å². The molecule has 5 nitrogen and oxygen atoms in total. The number of urea groups is 1. The van der Waals surface area contributed by atoms with Gasteiger partial charge in [-0.25, -0.2) is 4.79 Å². The number of aliphatic hydroxyl groups is 1. The van der Waals surface area contributed by atoms with Gasteiger partial charge in [0.2, 0.25) is 0 Å². The highest BCUT2D eigenvalue weighted by Crippen LogP contribution is 2.29. The quantitative estimate of drug-likeness (QED) is 0.847. The number of ether oxygens (including phenoxy) is 1. The first-order valence-corrected chi connectivity index (χ1v) is 8.36. The van der Waals surface area contributed by atoms with Crippen LogP contribution < -0.4 is 5.32 Å². The third-order valence-corrected chi connectivity index (χ3v) is 4.65. The molecule has 5 heteroatoms. The number of hydrogen-bond acceptors (Lipinski definition) is 3. The molecule has 0 radical (unpaired) electrons. The molecule has 23 heavy (non-hydrogen) atoms. The van der Waals surface area contributed by atoms with Crippen LogP contribution in [0.4, 0.5) is 4.79 Å². The van der Waals surface area contributed by atoms with Crippen molar-refractivity contribution in [1.82, 2.24) is 10.2 Å². The maximum atomic E-state index is 12.3. The number of benzene rings is 1. The van der Waals surface area contributed by atoms with Gasteiger partial charge in [-0.05, 0) is 36.3 Å². The molecule has 128 valence electrons. The van der Waals surface area contributed by atoms with Gasteiger partial charge in [0.1, 0.15) is 0 Å². The summed E-state index contributed by atoms with van der Waals surface area (Å²) in [7, 11) is 0. The molecule has 1 saturated heterocycles. The van der Waals surface area contributed by atoms with Crippen molar-refractivity contribution in [2.24, 2.45) is 5.41 Å². The average Bonchev–Trinajstić information content (AvgIpc) is 2.59. The molecule has 0 aromatic heterocycles. The Morgan fingerprint density at radius 1 is 1.30 bits per heavy atom. The van der Waals surface area contributed by atoms with E-state index in [1.165, 1.54) is 0 Å². The molecular formula is C18H28N2O3. The lowest BCUT2D eigenvalue weighted by Crippen LogP contribution is -2.47. The lowest BCUT2D eigenvalue weighted by molar-refractivity contribution is 0.0699. The topological polar surface area (TPSA) is 61.8 Å². The summed E-state index contributed by atoms with van der Waals surface area (Å²) in [5.41, 5.74) is 2.16. The average molecular weight is 320 g/mol. The van der Waals surface area contributed by atoms with E-state index >= 15 is 0 Å². The van der Waals surface area contributed by atoms with Crippen LogP contribution >= 0.6 is 0 Å². The Morgan fingerprint density at radius 3 is 2.57 bits per heavy atom. The molecule has 0 spiro atoms. The second kappa shape index (κ2) is 8.31. The lowest BCUT2D eigenvalue weighted by Gasteiger charge is -2.38. The van der Waals surface area contributed by atoms with E-state index in [0.29, 0.717) is 32.8 Å². The molecule has 1 fully saturated rings. The summed E-state index contributed by atoms with van der Waals surface area (Å²) in [5, 5.41) is 12.4. The molecule has 1 heterocycles. The number of nitrogens with zero attached hydrogens (tertiary/aromatic N) is 1. The number of amides is 2. The Kier molecular flexibility index (Phi) is 6.42. The third-order valence-electron chi connectivity index (χ3n) is 4.65. The van der Waals surface area contributed by atoms with Crippen LogP contribution in [0.15, 0.2) is 24.3 Å². The van der Waals surface area contributed by atoms with Crippen LogP contribution in [0.2, 0.25) is 0 Å². The van der Waals surface area contributed by atoms with Gasteiger partial charge in [0, 0.05) is 32.8 Å². The molecule has 2 amide bonds. The van der Waals surface area contributed by atoms with Gasteiger partial charge in [-0.2, -0.15) is 0 Å². The van der Waals surface area contributed by atoms with Crippen molar-refractivity contribution in [2.75, 3.05) is 26.3 Å². The number of rotatable bonds is 6. The molecular weight excluding hydrogens is 292 g/mol. The van der Waals surface area contributed by atoms with E-state index in [1.807, 2.05) is 36.1 Å². The van der Waals surface area contributed by atoms with E-state index in [0.717, 1.165) is 24.0 Å². The maximum Gasteiger partial charge on any atom is 0.317 e. The molecule has 0 aliphatic carbocycles. The molecule has 1 aromatic rings.